The van der Waals surface area contributed by atoms with E-state index in [1.165, 1.54) is 43.2 Å². The molecule has 3 aromatic rings. The van der Waals surface area contributed by atoms with E-state index < -0.39 is 33.4 Å². The number of benzene rings is 3. The third-order valence-corrected chi connectivity index (χ3v) is 9.90. The van der Waals surface area contributed by atoms with Gasteiger partial charge in [-0.2, -0.15) is 0 Å². The van der Waals surface area contributed by atoms with Crippen LogP contribution in [0.2, 0.25) is 0 Å². The van der Waals surface area contributed by atoms with Gasteiger partial charge in [-0.05, 0) is 69.0 Å². The van der Waals surface area contributed by atoms with Gasteiger partial charge in [0.15, 0.2) is 0 Å². The van der Waals surface area contributed by atoms with E-state index in [0.29, 0.717) is 17.7 Å². The molecular weight excluding hydrogens is 596 g/mol. The quantitative estimate of drug-likeness (QED) is 0.199. The highest BCUT2D eigenvalue weighted by molar-refractivity contribution is 7.92. The molecule has 1 N–H and O–H groups in total. The average Bonchev–Trinajstić information content (AvgIpc) is 3.52. The lowest BCUT2D eigenvalue weighted by Crippen LogP contribution is -2.53. The van der Waals surface area contributed by atoms with E-state index in [1.54, 1.807) is 12.1 Å². The molecule has 12 heteroatoms. The molecule has 3 aromatic carbocycles. The molecule has 45 heavy (non-hydrogen) atoms. The van der Waals surface area contributed by atoms with Gasteiger partial charge in [-0.25, -0.2) is 8.42 Å². The molecule has 0 spiro atoms. The summed E-state index contributed by atoms with van der Waals surface area (Å²) in [6.45, 7) is 4.71. The Morgan fingerprint density at radius 2 is 1.73 bits per heavy atom. The maximum absolute atomic E-state index is 14.3. The van der Waals surface area contributed by atoms with E-state index >= 15 is 0 Å². The number of amides is 2. The zero-order valence-corrected chi connectivity index (χ0v) is 26.9. The Kier molecular flexibility index (Phi) is 10.8. The number of nitro groups is 1. The number of nitro benzene ring substituents is 1. The van der Waals surface area contributed by atoms with E-state index in [1.807, 2.05) is 38.1 Å². The molecule has 0 radical (unpaired) electrons. The Morgan fingerprint density at radius 3 is 2.33 bits per heavy atom. The van der Waals surface area contributed by atoms with Gasteiger partial charge in [-0.15, -0.1) is 0 Å². The van der Waals surface area contributed by atoms with Crippen LogP contribution in [0.5, 0.6) is 5.75 Å². The Hall–Kier alpha value is -4.45. The Labute approximate surface area is 264 Å². The molecule has 0 bridgehead atoms. The van der Waals surface area contributed by atoms with Crippen molar-refractivity contribution in [2.45, 2.75) is 76.4 Å². The van der Waals surface area contributed by atoms with Crippen molar-refractivity contribution in [3.63, 3.8) is 0 Å². The van der Waals surface area contributed by atoms with E-state index in [0.717, 1.165) is 47.2 Å². The van der Waals surface area contributed by atoms with Crippen LogP contribution in [-0.2, 0) is 26.2 Å². The standard InChI is InChI=1S/C33H40N4O7S/c1-5-30(33(39)34-26-11-6-7-12-26)35(21-25-10-8-9-23(2)19-25)32(38)22-36(27-14-16-28(44-4)17-15-27)45(42,43)29-18-13-24(3)31(20-29)37(40)41/h8-10,13-20,26,30H,5-7,11-12,21-22H2,1-4H3,(H,34,39). The zero-order valence-electron chi connectivity index (χ0n) is 26.1. The average molecular weight is 637 g/mol. The highest BCUT2D eigenvalue weighted by atomic mass is 32.2. The molecule has 1 saturated carbocycles. The van der Waals surface area contributed by atoms with Crippen LogP contribution in [0, 0.1) is 24.0 Å². The minimum absolute atomic E-state index is 0.0379. The van der Waals surface area contributed by atoms with Crippen molar-refractivity contribution in [1.82, 2.24) is 10.2 Å². The van der Waals surface area contributed by atoms with Crippen molar-refractivity contribution >= 4 is 33.2 Å². The van der Waals surface area contributed by atoms with E-state index in [9.17, 15) is 28.1 Å². The maximum atomic E-state index is 14.3. The van der Waals surface area contributed by atoms with Crippen molar-refractivity contribution in [3.8, 4) is 5.75 Å². The van der Waals surface area contributed by atoms with Gasteiger partial charge in [0.25, 0.3) is 15.7 Å². The minimum Gasteiger partial charge on any atom is -0.497 e. The number of hydrogen-bond donors (Lipinski definition) is 1. The van der Waals surface area contributed by atoms with Crippen LogP contribution >= 0.6 is 0 Å². The van der Waals surface area contributed by atoms with Gasteiger partial charge in [-0.3, -0.25) is 24.0 Å². The van der Waals surface area contributed by atoms with Crippen molar-refractivity contribution in [2.75, 3.05) is 18.0 Å². The summed E-state index contributed by atoms with van der Waals surface area (Å²) in [6, 6.07) is 16.5. The summed E-state index contributed by atoms with van der Waals surface area (Å²) in [7, 11) is -3.01. The zero-order chi connectivity index (χ0) is 32.7. The number of anilines is 1. The van der Waals surface area contributed by atoms with E-state index in [4.69, 9.17) is 4.74 Å². The number of sulfonamides is 1. The molecule has 11 nitrogen and oxygen atoms in total. The molecule has 0 aliphatic heterocycles. The fourth-order valence-corrected chi connectivity index (χ4v) is 7.08. The molecule has 0 aromatic heterocycles. The van der Waals surface area contributed by atoms with Gasteiger partial charge in [0.1, 0.15) is 18.3 Å². The van der Waals surface area contributed by atoms with Gasteiger partial charge in [0.2, 0.25) is 11.8 Å². The summed E-state index contributed by atoms with van der Waals surface area (Å²) in [4.78, 5) is 40.0. The van der Waals surface area contributed by atoms with Gasteiger partial charge in [-0.1, -0.05) is 55.7 Å². The van der Waals surface area contributed by atoms with Gasteiger partial charge in [0, 0.05) is 24.2 Å². The molecule has 1 fully saturated rings. The number of carbonyl (C=O) groups is 2. The second kappa shape index (κ2) is 14.6. The molecule has 1 atom stereocenters. The predicted molar refractivity (Wildman–Crippen MR) is 172 cm³/mol. The molecule has 1 unspecified atom stereocenters. The smallest absolute Gasteiger partial charge is 0.273 e. The highest BCUT2D eigenvalue weighted by Gasteiger charge is 2.35. The number of carbonyl (C=O) groups excluding carboxylic acids is 2. The monoisotopic (exact) mass is 636 g/mol. The molecule has 240 valence electrons. The van der Waals surface area contributed by atoms with Gasteiger partial charge in [0.05, 0.1) is 22.6 Å². The van der Waals surface area contributed by atoms with Gasteiger partial charge < -0.3 is 15.0 Å². The van der Waals surface area contributed by atoms with Crippen LogP contribution in [0.4, 0.5) is 11.4 Å². The van der Waals surface area contributed by atoms with Crippen molar-refractivity contribution < 1.29 is 27.7 Å². The number of rotatable bonds is 13. The Morgan fingerprint density at radius 1 is 1.04 bits per heavy atom. The van der Waals surface area contributed by atoms with Crippen molar-refractivity contribution in [2.24, 2.45) is 0 Å². The number of hydrogen-bond acceptors (Lipinski definition) is 7. The maximum Gasteiger partial charge on any atom is 0.273 e. The minimum atomic E-state index is -4.49. The number of nitrogens with zero attached hydrogens (tertiary/aromatic N) is 3. The number of ether oxygens (including phenoxy) is 1. The van der Waals surface area contributed by atoms with E-state index in [2.05, 4.69) is 5.32 Å². The lowest BCUT2D eigenvalue weighted by atomic mass is 10.1. The van der Waals surface area contributed by atoms with Crippen LogP contribution in [-0.4, -0.2) is 55.8 Å². The molecular formula is C33H40N4O7S. The second-order valence-corrected chi connectivity index (χ2v) is 13.2. The molecule has 0 saturated heterocycles. The first-order chi connectivity index (χ1) is 21.4. The summed E-state index contributed by atoms with van der Waals surface area (Å²) < 4.78 is 34.5. The fourth-order valence-electron chi connectivity index (χ4n) is 5.65. The lowest BCUT2D eigenvalue weighted by molar-refractivity contribution is -0.385. The molecule has 2 amide bonds. The van der Waals surface area contributed by atoms with Crippen LogP contribution in [0.1, 0.15) is 55.7 Å². The summed E-state index contributed by atoms with van der Waals surface area (Å²) >= 11 is 0. The highest BCUT2D eigenvalue weighted by Crippen LogP contribution is 2.30. The normalized spacial score (nSPS) is 14.0. The summed E-state index contributed by atoms with van der Waals surface area (Å²) in [5, 5.41) is 14.8. The van der Waals surface area contributed by atoms with Crippen LogP contribution in [0.25, 0.3) is 0 Å². The SMILES string of the molecule is CCC(C(=O)NC1CCCC1)N(Cc1cccc(C)c1)C(=O)CN(c1ccc(OC)cc1)S(=O)(=O)c1ccc(C)c([N+](=O)[O-])c1. The first-order valence-electron chi connectivity index (χ1n) is 15.0. The second-order valence-electron chi connectivity index (χ2n) is 11.3. The number of nitrogens with one attached hydrogen (secondary N) is 1. The first kappa shape index (κ1) is 33.4. The lowest BCUT2D eigenvalue weighted by Gasteiger charge is -2.34. The number of methoxy groups -OCH3 is 1. The first-order valence-corrected chi connectivity index (χ1v) is 16.5. The summed E-state index contributed by atoms with van der Waals surface area (Å²) in [5.74, 6) is -0.395. The third-order valence-electron chi connectivity index (χ3n) is 8.13. The number of aryl methyl sites for hydroxylation is 2. The van der Waals surface area contributed by atoms with Crippen LogP contribution in [0.3, 0.4) is 0 Å². The van der Waals surface area contributed by atoms with E-state index in [-0.39, 0.29) is 34.8 Å². The molecule has 4 rings (SSSR count). The fraction of sp³-hybridized carbons (Fsp3) is 0.394. The molecule has 1 aliphatic carbocycles. The van der Waals surface area contributed by atoms with Gasteiger partial charge >= 0.3 is 0 Å². The van der Waals surface area contributed by atoms with Crippen LogP contribution < -0.4 is 14.4 Å². The van der Waals surface area contributed by atoms with Crippen molar-refractivity contribution in [3.05, 3.63) is 93.5 Å². The summed E-state index contributed by atoms with van der Waals surface area (Å²) in [5.41, 5.74) is 1.88. The topological polar surface area (TPSA) is 139 Å². The Balaban J connectivity index is 1.76. The van der Waals surface area contributed by atoms with Crippen molar-refractivity contribution in [1.29, 1.82) is 0 Å². The molecule has 1 aliphatic rings. The Bertz CT molecular complexity index is 1640. The predicted octanol–water partition coefficient (Wildman–Crippen LogP) is 5.28. The third kappa shape index (κ3) is 7.99. The largest absolute Gasteiger partial charge is 0.497 e. The summed E-state index contributed by atoms with van der Waals surface area (Å²) in [6.07, 6.45) is 4.12. The molecule has 0 heterocycles. The van der Waals surface area contributed by atoms with Crippen LogP contribution in [0.15, 0.2) is 71.6 Å².